The van der Waals surface area contributed by atoms with Crippen LogP contribution in [0.5, 0.6) is 0 Å². The van der Waals surface area contributed by atoms with Crippen LogP contribution >= 0.6 is 0 Å². The smallest absolute Gasteiger partial charge is 0.276 e. The second-order valence-electron chi connectivity index (χ2n) is 13.8. The van der Waals surface area contributed by atoms with Crippen molar-refractivity contribution in [2.24, 2.45) is 17.3 Å². The van der Waals surface area contributed by atoms with Crippen molar-refractivity contribution in [2.75, 3.05) is 0 Å². The molecule has 230 valence electrons. The van der Waals surface area contributed by atoms with Crippen LogP contribution in [0.1, 0.15) is 123 Å². The third kappa shape index (κ3) is 5.39. The van der Waals surface area contributed by atoms with Gasteiger partial charge in [0.1, 0.15) is 11.4 Å². The summed E-state index contributed by atoms with van der Waals surface area (Å²) in [5, 5.41) is 18.4. The van der Waals surface area contributed by atoms with Gasteiger partial charge in [0, 0.05) is 25.2 Å². The lowest BCUT2D eigenvalue weighted by molar-refractivity contribution is -0.215. The Bertz CT molecular complexity index is 1540. The lowest BCUT2D eigenvalue weighted by Crippen LogP contribution is -2.65. The molecule has 5 fully saturated rings. The highest BCUT2D eigenvalue weighted by Crippen LogP contribution is 2.71. The number of aromatic nitrogens is 5. The number of nitrogens with zero attached hydrogens (tertiary/aromatic N) is 5. The SMILES string of the molecule is CC(C)c1nonc1C(=O)N[C@H](c1cn2ncc([C@H](NC(=O)C[C@]34C[C@](F)(C3)C4)C3CC3)cc2n1)C1CCC(F)(F)CC1. The molecular weight excluding hydrogens is 563 g/mol. The van der Waals surface area contributed by atoms with E-state index in [-0.39, 0.29) is 60.6 Å². The van der Waals surface area contributed by atoms with Gasteiger partial charge in [-0.2, -0.15) is 5.10 Å². The minimum Gasteiger partial charge on any atom is -0.349 e. The Morgan fingerprint density at radius 1 is 1.02 bits per heavy atom. The number of carbonyl (C=O) groups is 2. The second kappa shape index (κ2) is 10.0. The standard InChI is InChI=1S/C30H36F3N7O3/c1-16(2)23-26(39-43-38-23)27(42)37-25(18-5-7-30(32,33)8-6-18)20-12-40-21(35-20)9-19(11-34-40)24(17-3-4-17)36-22(41)10-28-13-29(31,14-28)15-28/h9,11-12,16-18,24-25H,3-8,10,13-15H2,1-2H3,(H,36,41)(H,37,42)/t24-,25+,28-,29-/m1/s1. The first-order valence-corrected chi connectivity index (χ1v) is 15.3. The maximum Gasteiger partial charge on any atom is 0.276 e. The number of carbonyl (C=O) groups excluding carboxylic acids is 2. The van der Waals surface area contributed by atoms with Gasteiger partial charge in [-0.3, -0.25) is 9.59 Å². The van der Waals surface area contributed by atoms with Gasteiger partial charge in [0.05, 0.1) is 30.2 Å². The molecule has 5 aliphatic carbocycles. The van der Waals surface area contributed by atoms with Gasteiger partial charge in [-0.15, -0.1) is 0 Å². The Morgan fingerprint density at radius 3 is 2.37 bits per heavy atom. The Hall–Kier alpha value is -3.51. The van der Waals surface area contributed by atoms with Crippen LogP contribution in [0.15, 0.2) is 23.1 Å². The fraction of sp³-hybridized carbons (Fsp3) is 0.667. The van der Waals surface area contributed by atoms with Crippen molar-refractivity contribution in [3.63, 3.8) is 0 Å². The summed E-state index contributed by atoms with van der Waals surface area (Å²) in [5.74, 6) is -3.37. The Kier molecular flexibility index (Phi) is 6.59. The maximum absolute atomic E-state index is 14.1. The van der Waals surface area contributed by atoms with Crippen molar-refractivity contribution in [3.8, 4) is 0 Å². The highest BCUT2D eigenvalue weighted by molar-refractivity contribution is 5.93. The van der Waals surface area contributed by atoms with Crippen molar-refractivity contribution < 1.29 is 27.4 Å². The number of rotatable bonds is 10. The van der Waals surface area contributed by atoms with Gasteiger partial charge >= 0.3 is 0 Å². The van der Waals surface area contributed by atoms with Crippen molar-refractivity contribution >= 4 is 17.5 Å². The van der Waals surface area contributed by atoms with Gasteiger partial charge in [0.25, 0.3) is 5.91 Å². The molecule has 3 aromatic heterocycles. The zero-order chi connectivity index (χ0) is 30.1. The number of imidazole rings is 1. The first-order chi connectivity index (χ1) is 20.4. The number of hydrogen-bond donors (Lipinski definition) is 2. The van der Waals surface area contributed by atoms with Crippen LogP contribution in [0.25, 0.3) is 5.65 Å². The fourth-order valence-corrected chi connectivity index (χ4v) is 7.52. The first kappa shape index (κ1) is 28.3. The average Bonchev–Trinajstić information content (AvgIpc) is 3.47. The van der Waals surface area contributed by atoms with Crippen LogP contribution in [0.2, 0.25) is 0 Å². The number of amides is 2. The molecule has 2 amide bonds. The van der Waals surface area contributed by atoms with Gasteiger partial charge in [-0.1, -0.05) is 19.0 Å². The van der Waals surface area contributed by atoms with Crippen LogP contribution in [-0.4, -0.2) is 48.3 Å². The van der Waals surface area contributed by atoms with Crippen LogP contribution < -0.4 is 10.6 Å². The molecule has 8 rings (SSSR count). The average molecular weight is 600 g/mol. The van der Waals surface area contributed by atoms with Crippen LogP contribution in [-0.2, 0) is 4.79 Å². The molecule has 2 N–H and O–H groups in total. The molecule has 13 heteroatoms. The summed E-state index contributed by atoms with van der Waals surface area (Å²) in [6.45, 7) is 3.74. The number of alkyl halides is 3. The summed E-state index contributed by atoms with van der Waals surface area (Å²) in [7, 11) is 0. The summed E-state index contributed by atoms with van der Waals surface area (Å²) in [6.07, 6.45) is 7.10. The first-order valence-electron chi connectivity index (χ1n) is 15.3. The van der Waals surface area contributed by atoms with Crippen LogP contribution in [0.4, 0.5) is 13.2 Å². The number of hydrogen-bond acceptors (Lipinski definition) is 7. The molecule has 3 heterocycles. The van der Waals surface area contributed by atoms with E-state index in [1.807, 2.05) is 19.9 Å². The quantitative estimate of drug-likeness (QED) is 0.320. The lowest BCUT2D eigenvalue weighted by atomic mass is 9.41. The summed E-state index contributed by atoms with van der Waals surface area (Å²) in [4.78, 5) is 31.1. The zero-order valence-electron chi connectivity index (χ0n) is 24.3. The molecule has 43 heavy (non-hydrogen) atoms. The predicted octanol–water partition coefficient (Wildman–Crippen LogP) is 5.38. The van der Waals surface area contributed by atoms with E-state index >= 15 is 0 Å². The summed E-state index contributed by atoms with van der Waals surface area (Å²) >= 11 is 0. The molecule has 5 saturated carbocycles. The van der Waals surface area contributed by atoms with E-state index in [9.17, 15) is 22.8 Å². The highest BCUT2D eigenvalue weighted by atomic mass is 19.3. The van der Waals surface area contributed by atoms with Crippen LogP contribution in [0, 0.1) is 17.3 Å². The van der Waals surface area contributed by atoms with Gasteiger partial charge in [-0.25, -0.2) is 27.3 Å². The molecule has 0 aliphatic heterocycles. The van der Waals surface area contributed by atoms with Crippen LogP contribution in [0.3, 0.4) is 0 Å². The van der Waals surface area contributed by atoms with Crippen molar-refractivity contribution in [1.29, 1.82) is 0 Å². The highest BCUT2D eigenvalue weighted by Gasteiger charge is 2.69. The Labute approximate surface area is 246 Å². The number of fused-ring (bicyclic) bond motifs is 1. The molecule has 0 aromatic carbocycles. The largest absolute Gasteiger partial charge is 0.349 e. The molecule has 0 spiro atoms. The van der Waals surface area contributed by atoms with Gasteiger partial charge < -0.3 is 10.6 Å². The molecule has 2 bridgehead atoms. The number of nitrogens with one attached hydrogen (secondary N) is 2. The minimum atomic E-state index is -2.73. The molecule has 0 saturated heterocycles. The summed E-state index contributed by atoms with van der Waals surface area (Å²) in [6, 6.07) is 1.00. The molecule has 10 nitrogen and oxygen atoms in total. The van der Waals surface area contributed by atoms with Gasteiger partial charge in [0.15, 0.2) is 11.3 Å². The fourth-order valence-electron chi connectivity index (χ4n) is 7.52. The van der Waals surface area contributed by atoms with Crippen molar-refractivity contribution in [1.82, 2.24) is 35.5 Å². The van der Waals surface area contributed by atoms with E-state index in [4.69, 9.17) is 9.61 Å². The minimum absolute atomic E-state index is 0.0638. The molecule has 2 atom stereocenters. The second-order valence-corrected chi connectivity index (χ2v) is 13.8. The lowest BCUT2D eigenvalue weighted by Gasteiger charge is -2.65. The summed E-state index contributed by atoms with van der Waals surface area (Å²) < 4.78 is 48.5. The van der Waals surface area contributed by atoms with E-state index in [1.165, 1.54) is 0 Å². The van der Waals surface area contributed by atoms with E-state index in [0.717, 1.165) is 18.4 Å². The molecule has 3 aromatic rings. The Balaban J connectivity index is 1.13. The van der Waals surface area contributed by atoms with Gasteiger partial charge in [-0.05, 0) is 79.0 Å². The molecular formula is C30H36F3N7O3. The Morgan fingerprint density at radius 2 is 1.72 bits per heavy atom. The maximum atomic E-state index is 14.1. The van der Waals surface area contributed by atoms with E-state index < -0.39 is 23.5 Å². The normalized spacial score (nSPS) is 27.8. The van der Waals surface area contributed by atoms with Gasteiger partial charge in [0.2, 0.25) is 11.8 Å². The third-order valence-electron chi connectivity index (χ3n) is 9.85. The number of halogens is 3. The summed E-state index contributed by atoms with van der Waals surface area (Å²) in [5.41, 5.74) is 1.13. The van der Waals surface area contributed by atoms with E-state index in [0.29, 0.717) is 48.6 Å². The van der Waals surface area contributed by atoms with Crippen molar-refractivity contribution in [2.45, 2.75) is 108 Å². The third-order valence-corrected chi connectivity index (χ3v) is 9.85. The predicted molar refractivity (Wildman–Crippen MR) is 147 cm³/mol. The topological polar surface area (TPSA) is 127 Å². The zero-order valence-corrected chi connectivity index (χ0v) is 24.3. The van der Waals surface area contributed by atoms with E-state index in [1.54, 1.807) is 16.9 Å². The monoisotopic (exact) mass is 599 g/mol. The molecule has 0 unspecified atom stereocenters. The van der Waals surface area contributed by atoms with Crippen molar-refractivity contribution in [3.05, 3.63) is 41.1 Å². The molecule has 0 radical (unpaired) electrons. The van der Waals surface area contributed by atoms with E-state index in [2.05, 4.69) is 26.0 Å². The molecule has 5 aliphatic rings.